The van der Waals surface area contributed by atoms with Crippen LogP contribution in [0.5, 0.6) is 0 Å². The molecule has 0 aliphatic heterocycles. The fraction of sp³-hybridized carbons (Fsp3) is 0.222. The maximum Gasteiger partial charge on any atom is 0.316 e. The zero-order chi connectivity index (χ0) is 17.1. The summed E-state index contributed by atoms with van der Waals surface area (Å²) in [6, 6.07) is 14.2. The Morgan fingerprint density at radius 1 is 1.17 bits per heavy atom. The second kappa shape index (κ2) is 6.93. The summed E-state index contributed by atoms with van der Waals surface area (Å²) in [7, 11) is 0. The molecule has 0 unspecified atom stereocenters. The van der Waals surface area contributed by atoms with E-state index in [0.29, 0.717) is 17.3 Å². The van der Waals surface area contributed by atoms with Crippen molar-refractivity contribution in [1.82, 2.24) is 5.32 Å². The van der Waals surface area contributed by atoms with E-state index in [1.165, 1.54) is 0 Å². The number of nitrogens with one attached hydrogen (secondary N) is 2. The van der Waals surface area contributed by atoms with E-state index in [9.17, 15) is 9.59 Å². The Hall–Kier alpha value is -2.53. The van der Waals surface area contributed by atoms with Crippen LogP contribution in [0.1, 0.15) is 23.5 Å². The lowest BCUT2D eigenvalue weighted by Gasteiger charge is -2.07. The molecule has 3 amide bonds. The van der Waals surface area contributed by atoms with Gasteiger partial charge in [0.1, 0.15) is 0 Å². The van der Waals surface area contributed by atoms with Crippen molar-refractivity contribution in [2.24, 2.45) is 11.7 Å². The van der Waals surface area contributed by atoms with Crippen LogP contribution in [0.15, 0.2) is 48.5 Å². The first-order chi connectivity index (χ1) is 11.5. The SMILES string of the molecule is NC(=O)Nc1ccc(CNC(=O)[C@@H]2C[C@H]2c2cccc(Cl)c2)cc1. The Kier molecular flexibility index (Phi) is 4.71. The third-order valence-corrected chi connectivity index (χ3v) is 4.33. The maximum absolute atomic E-state index is 12.2. The minimum atomic E-state index is -0.600. The van der Waals surface area contributed by atoms with Crippen molar-refractivity contribution in [3.63, 3.8) is 0 Å². The average Bonchev–Trinajstić information content (AvgIpc) is 3.34. The molecule has 0 aromatic heterocycles. The van der Waals surface area contributed by atoms with Gasteiger partial charge < -0.3 is 16.4 Å². The van der Waals surface area contributed by atoms with Crippen LogP contribution in [0, 0.1) is 5.92 Å². The molecule has 0 spiro atoms. The number of rotatable bonds is 5. The highest BCUT2D eigenvalue weighted by atomic mass is 35.5. The number of carbonyl (C=O) groups excluding carboxylic acids is 2. The van der Waals surface area contributed by atoms with Gasteiger partial charge >= 0.3 is 6.03 Å². The van der Waals surface area contributed by atoms with Crippen LogP contribution in [0.2, 0.25) is 5.02 Å². The monoisotopic (exact) mass is 343 g/mol. The maximum atomic E-state index is 12.2. The number of urea groups is 1. The van der Waals surface area contributed by atoms with Crippen molar-refractivity contribution in [3.05, 3.63) is 64.7 Å². The van der Waals surface area contributed by atoms with Crippen LogP contribution >= 0.6 is 11.6 Å². The molecular formula is C18H18ClN3O2. The molecule has 0 heterocycles. The number of nitrogens with two attached hydrogens (primary N) is 1. The molecule has 5 nitrogen and oxygen atoms in total. The molecule has 2 aromatic rings. The first-order valence-corrected chi connectivity index (χ1v) is 8.09. The highest BCUT2D eigenvalue weighted by Crippen LogP contribution is 2.47. The van der Waals surface area contributed by atoms with Gasteiger partial charge in [-0.25, -0.2) is 4.79 Å². The number of carbonyl (C=O) groups is 2. The molecule has 2 atom stereocenters. The van der Waals surface area contributed by atoms with E-state index in [4.69, 9.17) is 17.3 Å². The summed E-state index contributed by atoms with van der Waals surface area (Å²) >= 11 is 5.99. The Labute approximate surface area is 145 Å². The number of primary amides is 1. The predicted molar refractivity (Wildman–Crippen MR) is 93.8 cm³/mol. The van der Waals surface area contributed by atoms with Gasteiger partial charge in [0.2, 0.25) is 5.91 Å². The van der Waals surface area contributed by atoms with Gasteiger partial charge in [-0.1, -0.05) is 35.9 Å². The Bertz CT molecular complexity index is 761. The molecule has 0 radical (unpaired) electrons. The third-order valence-electron chi connectivity index (χ3n) is 4.09. The Balaban J connectivity index is 1.50. The number of benzene rings is 2. The van der Waals surface area contributed by atoms with Crippen LogP contribution in [-0.4, -0.2) is 11.9 Å². The molecule has 1 aliphatic carbocycles. The van der Waals surface area contributed by atoms with Gasteiger partial charge in [0.25, 0.3) is 0 Å². The molecule has 24 heavy (non-hydrogen) atoms. The number of halogens is 1. The fourth-order valence-corrected chi connectivity index (χ4v) is 2.96. The van der Waals surface area contributed by atoms with Crippen molar-refractivity contribution < 1.29 is 9.59 Å². The minimum Gasteiger partial charge on any atom is -0.352 e. The van der Waals surface area contributed by atoms with E-state index in [1.807, 2.05) is 36.4 Å². The lowest BCUT2D eigenvalue weighted by molar-refractivity contribution is -0.122. The van der Waals surface area contributed by atoms with Crippen molar-refractivity contribution in [2.75, 3.05) is 5.32 Å². The molecule has 3 rings (SSSR count). The molecule has 1 saturated carbocycles. The van der Waals surface area contributed by atoms with Crippen LogP contribution in [0.3, 0.4) is 0 Å². The van der Waals surface area contributed by atoms with Gasteiger partial charge in [-0.2, -0.15) is 0 Å². The normalized spacial score (nSPS) is 18.7. The van der Waals surface area contributed by atoms with Crippen molar-refractivity contribution in [2.45, 2.75) is 18.9 Å². The summed E-state index contributed by atoms with van der Waals surface area (Å²) in [4.78, 5) is 23.0. The standard InChI is InChI=1S/C18H18ClN3O2/c19-13-3-1-2-12(8-13)15-9-16(15)17(23)21-10-11-4-6-14(7-5-11)22-18(20)24/h1-8,15-16H,9-10H2,(H,21,23)(H3,20,22,24)/t15-,16+/m0/s1. The zero-order valence-electron chi connectivity index (χ0n) is 13.0. The lowest BCUT2D eigenvalue weighted by Crippen LogP contribution is -2.25. The van der Waals surface area contributed by atoms with E-state index in [2.05, 4.69) is 10.6 Å². The predicted octanol–water partition coefficient (Wildman–Crippen LogP) is 3.25. The number of hydrogen-bond donors (Lipinski definition) is 3. The van der Waals surface area contributed by atoms with Gasteiger partial charge in [-0.15, -0.1) is 0 Å². The smallest absolute Gasteiger partial charge is 0.316 e. The average molecular weight is 344 g/mol. The van der Waals surface area contributed by atoms with Crippen molar-refractivity contribution in [3.8, 4) is 0 Å². The number of amides is 3. The first-order valence-electron chi connectivity index (χ1n) is 7.71. The summed E-state index contributed by atoms with van der Waals surface area (Å²) in [6.45, 7) is 0.453. The molecule has 0 saturated heterocycles. The second-order valence-electron chi connectivity index (χ2n) is 5.91. The molecule has 1 aliphatic rings. The van der Waals surface area contributed by atoms with E-state index in [0.717, 1.165) is 17.5 Å². The minimum absolute atomic E-state index is 0.0132. The summed E-state index contributed by atoms with van der Waals surface area (Å²) in [6.07, 6.45) is 0.855. The highest BCUT2D eigenvalue weighted by Gasteiger charge is 2.43. The van der Waals surface area contributed by atoms with Gasteiger partial charge in [0.05, 0.1) is 0 Å². The van der Waals surface area contributed by atoms with Gasteiger partial charge in [0, 0.05) is 23.2 Å². The number of anilines is 1. The lowest BCUT2D eigenvalue weighted by atomic mass is 10.1. The van der Waals surface area contributed by atoms with Crippen LogP contribution in [0.25, 0.3) is 0 Å². The first kappa shape index (κ1) is 16.3. The van der Waals surface area contributed by atoms with Crippen LogP contribution in [-0.2, 0) is 11.3 Å². The van der Waals surface area contributed by atoms with E-state index in [-0.39, 0.29) is 17.7 Å². The van der Waals surface area contributed by atoms with E-state index < -0.39 is 6.03 Å². The highest BCUT2D eigenvalue weighted by molar-refractivity contribution is 6.30. The van der Waals surface area contributed by atoms with Crippen molar-refractivity contribution in [1.29, 1.82) is 0 Å². The molecule has 4 N–H and O–H groups in total. The summed E-state index contributed by atoms with van der Waals surface area (Å²) in [5.41, 5.74) is 7.75. The Morgan fingerprint density at radius 3 is 2.58 bits per heavy atom. The summed E-state index contributed by atoms with van der Waals surface area (Å²) < 4.78 is 0. The van der Waals surface area contributed by atoms with Gasteiger partial charge in [-0.3, -0.25) is 4.79 Å². The molecule has 124 valence electrons. The summed E-state index contributed by atoms with van der Waals surface area (Å²) in [5.74, 6) is 0.324. The number of hydrogen-bond acceptors (Lipinski definition) is 2. The zero-order valence-corrected chi connectivity index (χ0v) is 13.7. The largest absolute Gasteiger partial charge is 0.352 e. The summed E-state index contributed by atoms with van der Waals surface area (Å²) in [5, 5.41) is 6.14. The molecule has 2 aromatic carbocycles. The Morgan fingerprint density at radius 2 is 1.92 bits per heavy atom. The topological polar surface area (TPSA) is 84.2 Å². The van der Waals surface area contributed by atoms with Gasteiger partial charge in [0.15, 0.2) is 0 Å². The van der Waals surface area contributed by atoms with Gasteiger partial charge in [-0.05, 0) is 47.7 Å². The quantitative estimate of drug-likeness (QED) is 0.778. The van der Waals surface area contributed by atoms with Crippen LogP contribution in [0.4, 0.5) is 10.5 Å². The van der Waals surface area contributed by atoms with Crippen molar-refractivity contribution >= 4 is 29.2 Å². The van der Waals surface area contributed by atoms with E-state index >= 15 is 0 Å². The van der Waals surface area contributed by atoms with Crippen LogP contribution < -0.4 is 16.4 Å². The molecule has 1 fully saturated rings. The third kappa shape index (κ3) is 4.06. The second-order valence-corrected chi connectivity index (χ2v) is 6.34. The van der Waals surface area contributed by atoms with E-state index in [1.54, 1.807) is 12.1 Å². The molecule has 6 heteroatoms. The molecular weight excluding hydrogens is 326 g/mol. The molecule has 0 bridgehead atoms. The fourth-order valence-electron chi connectivity index (χ4n) is 2.76.